The van der Waals surface area contributed by atoms with E-state index in [0.717, 1.165) is 37.9 Å². The lowest BCUT2D eigenvalue weighted by Gasteiger charge is -2.11. The van der Waals surface area contributed by atoms with Crippen molar-refractivity contribution in [1.82, 2.24) is 15.0 Å². The predicted molar refractivity (Wildman–Crippen MR) is 155 cm³/mol. The maximum Gasteiger partial charge on any atom is 0.165 e. The summed E-state index contributed by atoms with van der Waals surface area (Å²) in [5.74, 6) is 1.91. The summed E-state index contributed by atoms with van der Waals surface area (Å²) < 4.78 is 0.933. The monoisotopic (exact) mass is 539 g/mol. The molecule has 6 aromatic rings. The molecule has 0 atom stereocenters. The fourth-order valence-electron chi connectivity index (χ4n) is 4.29. The molecule has 1 aromatic heterocycles. The van der Waals surface area contributed by atoms with Crippen LogP contribution in [-0.4, -0.2) is 15.0 Å². The van der Waals surface area contributed by atoms with E-state index in [9.17, 15) is 0 Å². The molecule has 0 aliphatic heterocycles. The lowest BCUT2D eigenvalue weighted by molar-refractivity contribution is 1.07. The third-order valence-electron chi connectivity index (χ3n) is 6.23. The summed E-state index contributed by atoms with van der Waals surface area (Å²) in [6.07, 6.45) is 0. The first-order valence-corrected chi connectivity index (χ1v) is 12.9. The number of hydrogen-bond donors (Lipinski definition) is 0. The van der Waals surface area contributed by atoms with Crippen molar-refractivity contribution in [1.29, 1.82) is 0 Å². The molecular weight excluding hydrogens is 518 g/mol. The standard InChI is InChI=1S/C33H22BrN3/c34-30-21-20-28(24-12-6-2-7-13-24)22-29(30)33-36-31(26-14-8-3-9-15-26)35-32(37-33)27-18-16-25(17-19-27)23-10-4-1-5-11-23/h1-22H. The van der Waals surface area contributed by atoms with Gasteiger partial charge in [-0.25, -0.2) is 15.0 Å². The molecule has 0 spiro atoms. The van der Waals surface area contributed by atoms with Gasteiger partial charge in [-0.2, -0.15) is 0 Å². The van der Waals surface area contributed by atoms with Crippen LogP contribution in [0.4, 0.5) is 0 Å². The molecular formula is C33H22BrN3. The molecule has 0 saturated carbocycles. The molecule has 0 fully saturated rings. The third-order valence-corrected chi connectivity index (χ3v) is 6.92. The van der Waals surface area contributed by atoms with Crippen molar-refractivity contribution >= 4 is 15.9 Å². The molecule has 176 valence electrons. The van der Waals surface area contributed by atoms with Crippen LogP contribution in [0.3, 0.4) is 0 Å². The van der Waals surface area contributed by atoms with Crippen LogP contribution in [0.25, 0.3) is 56.4 Å². The third kappa shape index (κ3) is 4.97. The van der Waals surface area contributed by atoms with Gasteiger partial charge in [0.15, 0.2) is 17.5 Å². The Labute approximate surface area is 224 Å². The minimum Gasteiger partial charge on any atom is -0.208 e. The van der Waals surface area contributed by atoms with Gasteiger partial charge in [-0.3, -0.25) is 0 Å². The van der Waals surface area contributed by atoms with E-state index in [1.807, 2.05) is 54.6 Å². The van der Waals surface area contributed by atoms with Gasteiger partial charge in [0.1, 0.15) is 0 Å². The largest absolute Gasteiger partial charge is 0.208 e. The number of nitrogens with zero attached hydrogens (tertiary/aromatic N) is 3. The summed E-state index contributed by atoms with van der Waals surface area (Å²) in [6.45, 7) is 0. The van der Waals surface area contributed by atoms with Crippen LogP contribution in [0.15, 0.2) is 138 Å². The SMILES string of the molecule is Brc1ccc(-c2ccccc2)cc1-c1nc(-c2ccccc2)nc(-c2ccc(-c3ccccc3)cc2)n1. The van der Waals surface area contributed by atoms with Gasteiger partial charge in [-0.05, 0) is 34.4 Å². The van der Waals surface area contributed by atoms with E-state index in [4.69, 9.17) is 15.0 Å². The smallest absolute Gasteiger partial charge is 0.165 e. The zero-order valence-electron chi connectivity index (χ0n) is 19.9. The number of rotatable bonds is 5. The summed E-state index contributed by atoms with van der Waals surface area (Å²) in [6, 6.07) is 45.4. The highest BCUT2D eigenvalue weighted by Crippen LogP contribution is 2.33. The number of halogens is 1. The quantitative estimate of drug-likeness (QED) is 0.219. The second kappa shape index (κ2) is 10.3. The number of aromatic nitrogens is 3. The van der Waals surface area contributed by atoms with Crippen molar-refractivity contribution in [2.45, 2.75) is 0 Å². The maximum atomic E-state index is 4.95. The van der Waals surface area contributed by atoms with Gasteiger partial charge < -0.3 is 0 Å². The van der Waals surface area contributed by atoms with Crippen LogP contribution in [0.5, 0.6) is 0 Å². The first-order valence-electron chi connectivity index (χ1n) is 12.1. The molecule has 1 heterocycles. The molecule has 5 aromatic carbocycles. The normalized spacial score (nSPS) is 10.8. The molecule has 3 nitrogen and oxygen atoms in total. The molecule has 4 heteroatoms. The van der Waals surface area contributed by atoms with E-state index < -0.39 is 0 Å². The van der Waals surface area contributed by atoms with Crippen molar-refractivity contribution in [3.05, 3.63) is 138 Å². The minimum atomic E-state index is 0.626. The highest BCUT2D eigenvalue weighted by molar-refractivity contribution is 9.10. The van der Waals surface area contributed by atoms with Crippen LogP contribution >= 0.6 is 15.9 Å². The van der Waals surface area contributed by atoms with Crippen molar-refractivity contribution in [2.24, 2.45) is 0 Å². The fourth-order valence-corrected chi connectivity index (χ4v) is 4.71. The Kier molecular flexibility index (Phi) is 6.40. The fraction of sp³-hybridized carbons (Fsp3) is 0. The molecule has 0 aliphatic rings. The average Bonchev–Trinajstić information content (AvgIpc) is 2.98. The molecule has 0 bridgehead atoms. The van der Waals surface area contributed by atoms with E-state index >= 15 is 0 Å². The molecule has 0 N–H and O–H groups in total. The highest BCUT2D eigenvalue weighted by Gasteiger charge is 2.15. The minimum absolute atomic E-state index is 0.626. The average molecular weight is 540 g/mol. The molecule has 0 saturated heterocycles. The first kappa shape index (κ1) is 23.0. The summed E-state index contributed by atoms with van der Waals surface area (Å²) in [7, 11) is 0. The Morgan fingerprint density at radius 1 is 0.351 bits per heavy atom. The van der Waals surface area contributed by atoms with Crippen molar-refractivity contribution in [3.8, 4) is 56.4 Å². The zero-order valence-corrected chi connectivity index (χ0v) is 21.5. The van der Waals surface area contributed by atoms with E-state index in [0.29, 0.717) is 17.5 Å². The molecule has 0 unspecified atom stereocenters. The lowest BCUT2D eigenvalue weighted by Crippen LogP contribution is -2.00. The van der Waals surface area contributed by atoms with E-state index in [1.54, 1.807) is 0 Å². The van der Waals surface area contributed by atoms with Crippen LogP contribution in [0.2, 0.25) is 0 Å². The Bertz CT molecular complexity index is 1650. The van der Waals surface area contributed by atoms with E-state index in [2.05, 4.69) is 94.8 Å². The van der Waals surface area contributed by atoms with Crippen molar-refractivity contribution in [3.63, 3.8) is 0 Å². The van der Waals surface area contributed by atoms with Crippen LogP contribution in [0.1, 0.15) is 0 Å². The van der Waals surface area contributed by atoms with Crippen LogP contribution < -0.4 is 0 Å². The first-order chi connectivity index (χ1) is 18.2. The van der Waals surface area contributed by atoms with Gasteiger partial charge >= 0.3 is 0 Å². The second-order valence-corrected chi connectivity index (χ2v) is 9.53. The Morgan fingerprint density at radius 2 is 0.730 bits per heavy atom. The van der Waals surface area contributed by atoms with Gasteiger partial charge in [0.25, 0.3) is 0 Å². The topological polar surface area (TPSA) is 38.7 Å². The highest BCUT2D eigenvalue weighted by atomic mass is 79.9. The summed E-state index contributed by atoms with van der Waals surface area (Å²) in [5.41, 5.74) is 7.39. The maximum absolute atomic E-state index is 4.95. The van der Waals surface area contributed by atoms with Crippen LogP contribution in [-0.2, 0) is 0 Å². The Morgan fingerprint density at radius 3 is 1.30 bits per heavy atom. The van der Waals surface area contributed by atoms with Gasteiger partial charge in [-0.15, -0.1) is 0 Å². The summed E-state index contributed by atoms with van der Waals surface area (Å²) >= 11 is 3.74. The van der Waals surface area contributed by atoms with Crippen LogP contribution in [0, 0.1) is 0 Å². The van der Waals surface area contributed by atoms with E-state index in [1.165, 1.54) is 5.56 Å². The molecule has 0 amide bonds. The van der Waals surface area contributed by atoms with Gasteiger partial charge in [0, 0.05) is 21.2 Å². The number of hydrogen-bond acceptors (Lipinski definition) is 3. The van der Waals surface area contributed by atoms with Gasteiger partial charge in [0.05, 0.1) is 0 Å². The Balaban J connectivity index is 1.48. The van der Waals surface area contributed by atoms with Crippen molar-refractivity contribution in [2.75, 3.05) is 0 Å². The molecule has 37 heavy (non-hydrogen) atoms. The van der Waals surface area contributed by atoms with Gasteiger partial charge in [0.2, 0.25) is 0 Å². The lowest BCUT2D eigenvalue weighted by atomic mass is 10.0. The molecule has 0 radical (unpaired) electrons. The second-order valence-electron chi connectivity index (χ2n) is 8.68. The number of benzene rings is 5. The van der Waals surface area contributed by atoms with Crippen molar-refractivity contribution < 1.29 is 0 Å². The van der Waals surface area contributed by atoms with Gasteiger partial charge in [-0.1, -0.05) is 137 Å². The predicted octanol–water partition coefficient (Wildman–Crippen LogP) is 8.97. The summed E-state index contributed by atoms with van der Waals surface area (Å²) in [5, 5.41) is 0. The zero-order chi connectivity index (χ0) is 25.0. The molecule has 0 aliphatic carbocycles. The Hall–Kier alpha value is -4.41. The molecule has 6 rings (SSSR count). The van der Waals surface area contributed by atoms with E-state index in [-0.39, 0.29) is 0 Å². The summed E-state index contributed by atoms with van der Waals surface area (Å²) in [4.78, 5) is 14.7.